The molecule has 0 saturated carbocycles. The molecule has 0 fully saturated rings. The number of carbonyl (C=O) groups excluding carboxylic acids is 3. The Hall–Kier alpha value is -5.75. The van der Waals surface area contributed by atoms with E-state index in [1.807, 2.05) is 0 Å². The molecule has 0 radical (unpaired) electrons. The maximum Gasteiger partial charge on any atom is 0.306 e. The van der Waals surface area contributed by atoms with Gasteiger partial charge in [0.05, 0.1) is 0 Å². The van der Waals surface area contributed by atoms with Crippen LogP contribution in [0, 0.1) is 0 Å². The van der Waals surface area contributed by atoms with Crippen molar-refractivity contribution < 1.29 is 28.6 Å². The van der Waals surface area contributed by atoms with Crippen molar-refractivity contribution in [2.24, 2.45) is 0 Å². The van der Waals surface area contributed by atoms with Crippen molar-refractivity contribution in [2.45, 2.75) is 219 Å². The van der Waals surface area contributed by atoms with Crippen LogP contribution < -0.4 is 0 Å². The van der Waals surface area contributed by atoms with E-state index in [0.717, 1.165) is 154 Å². The largest absolute Gasteiger partial charge is 0.462 e. The van der Waals surface area contributed by atoms with Gasteiger partial charge in [-0.1, -0.05) is 241 Å². The summed E-state index contributed by atoms with van der Waals surface area (Å²) in [5.74, 6) is -1.09. The molecule has 0 aromatic rings. The lowest BCUT2D eigenvalue weighted by atomic mass is 10.1. The number of hydrogen-bond donors (Lipinski definition) is 0. The Morgan fingerprint density at radius 3 is 0.844 bits per heavy atom. The lowest BCUT2D eigenvalue weighted by Crippen LogP contribution is -2.30. The van der Waals surface area contributed by atoms with Gasteiger partial charge in [-0.05, 0) is 148 Å². The second-order valence-electron chi connectivity index (χ2n) is 18.8. The Kier molecular flexibility index (Phi) is 58.1. The van der Waals surface area contributed by atoms with E-state index in [1.165, 1.54) is 6.42 Å². The first-order valence-corrected chi connectivity index (χ1v) is 29.9. The third kappa shape index (κ3) is 61.0. The Morgan fingerprint density at radius 2 is 0.519 bits per heavy atom. The zero-order chi connectivity index (χ0) is 55.7. The Labute approximate surface area is 471 Å². The van der Waals surface area contributed by atoms with E-state index in [9.17, 15) is 14.4 Å². The van der Waals surface area contributed by atoms with Crippen molar-refractivity contribution in [1.82, 2.24) is 0 Å². The molecule has 0 aromatic heterocycles. The van der Waals surface area contributed by atoms with Gasteiger partial charge in [-0.15, -0.1) is 0 Å². The third-order valence-electron chi connectivity index (χ3n) is 11.5. The van der Waals surface area contributed by atoms with Crippen LogP contribution in [-0.4, -0.2) is 37.2 Å². The highest BCUT2D eigenvalue weighted by Gasteiger charge is 2.19. The smallest absolute Gasteiger partial charge is 0.306 e. The Bertz CT molecular complexity index is 1880. The van der Waals surface area contributed by atoms with Crippen molar-refractivity contribution in [2.75, 3.05) is 13.2 Å². The molecule has 426 valence electrons. The summed E-state index contributed by atoms with van der Waals surface area (Å²) in [7, 11) is 0. The summed E-state index contributed by atoms with van der Waals surface area (Å²) in [4.78, 5) is 38.1. The van der Waals surface area contributed by atoms with Gasteiger partial charge in [0.1, 0.15) is 13.2 Å². The zero-order valence-electron chi connectivity index (χ0n) is 48.6. The van der Waals surface area contributed by atoms with Crippen molar-refractivity contribution in [1.29, 1.82) is 0 Å². The molecule has 0 aliphatic heterocycles. The molecule has 0 bridgehead atoms. The van der Waals surface area contributed by atoms with E-state index in [0.29, 0.717) is 19.3 Å². The van der Waals surface area contributed by atoms with Crippen LogP contribution in [-0.2, 0) is 28.6 Å². The minimum absolute atomic E-state index is 0.137. The molecule has 0 heterocycles. The van der Waals surface area contributed by atoms with E-state index in [1.54, 1.807) is 0 Å². The number of carbonyl (C=O) groups is 3. The average molecular weight is 1060 g/mol. The summed E-state index contributed by atoms with van der Waals surface area (Å²) in [6, 6.07) is 0. The molecule has 0 aliphatic carbocycles. The molecule has 0 rings (SSSR count). The lowest BCUT2D eigenvalue weighted by Gasteiger charge is -2.18. The lowest BCUT2D eigenvalue weighted by molar-refractivity contribution is -0.167. The first-order chi connectivity index (χ1) is 38.0. The Balaban J connectivity index is 4.55. The standard InChI is InChI=1S/C71H106O6/c1-4-7-10-13-16-19-22-25-27-29-30-31-32-33-34-35-36-37-38-39-40-42-43-46-49-52-55-58-61-64-70(73)76-67-68(66-75-69(72)63-60-57-54-51-48-45-24-21-18-15-12-9-6-3)77-71(74)65-62-59-56-53-50-47-44-41-28-26-23-20-17-14-11-8-5-2/h7-8,10-12,15-17,19-21,24-28,30-31,33-34,36-37,39-40,43-44,46-47,52-53,55-56,68H,4-6,9,13-14,18,22-23,29,32,35,38,41-42,45,48-51,54,57-67H2,1-3H3/b10-7-,11-8-,15-12-,19-16-,20-17-,24-21-,27-25-,28-26-,31-30-,34-33-,37-36-,40-39-,46-43-,47-44-,55-52-,56-53-. The molecule has 1 unspecified atom stereocenters. The van der Waals surface area contributed by atoms with Gasteiger partial charge in [-0.2, -0.15) is 0 Å². The normalized spacial score (nSPS) is 13.5. The summed E-state index contributed by atoms with van der Waals surface area (Å²) in [6.45, 7) is 6.21. The summed E-state index contributed by atoms with van der Waals surface area (Å²) < 4.78 is 16.7. The van der Waals surface area contributed by atoms with Gasteiger partial charge in [0, 0.05) is 19.3 Å². The molecule has 0 amide bonds. The third-order valence-corrected chi connectivity index (χ3v) is 11.5. The van der Waals surface area contributed by atoms with Crippen LogP contribution in [0.1, 0.15) is 213 Å². The topological polar surface area (TPSA) is 78.9 Å². The Morgan fingerprint density at radius 1 is 0.273 bits per heavy atom. The van der Waals surface area contributed by atoms with Crippen molar-refractivity contribution in [3.05, 3.63) is 194 Å². The maximum absolute atomic E-state index is 12.8. The van der Waals surface area contributed by atoms with E-state index < -0.39 is 12.1 Å². The van der Waals surface area contributed by atoms with Crippen LogP contribution in [0.2, 0.25) is 0 Å². The highest BCUT2D eigenvalue weighted by atomic mass is 16.6. The SMILES string of the molecule is CC/C=C\C/C=C\C/C=C\C/C=C\C/C=C\C/C=C\C/C=C\C/C=C\C/C=C\CCCC(=O)OCC(COC(=O)CCCCCCC/C=C\C/C=C\CCC)OC(=O)CCC/C=C\C/C=C\C/C=C\C/C=C\C/C=C\CC. The number of allylic oxidation sites excluding steroid dienone is 32. The number of rotatable bonds is 51. The van der Waals surface area contributed by atoms with E-state index in [2.05, 4.69) is 215 Å². The second kappa shape index (κ2) is 62.8. The van der Waals surface area contributed by atoms with Gasteiger partial charge >= 0.3 is 17.9 Å². The van der Waals surface area contributed by atoms with Crippen LogP contribution in [0.4, 0.5) is 0 Å². The monoisotopic (exact) mass is 1050 g/mol. The van der Waals surface area contributed by atoms with Crippen LogP contribution >= 0.6 is 0 Å². The van der Waals surface area contributed by atoms with Gasteiger partial charge in [-0.25, -0.2) is 0 Å². The van der Waals surface area contributed by atoms with Gasteiger partial charge < -0.3 is 14.2 Å². The quantitative estimate of drug-likeness (QED) is 0.0261. The van der Waals surface area contributed by atoms with Gasteiger partial charge in [0.25, 0.3) is 0 Å². The van der Waals surface area contributed by atoms with E-state index in [-0.39, 0.29) is 38.0 Å². The van der Waals surface area contributed by atoms with E-state index in [4.69, 9.17) is 14.2 Å². The minimum atomic E-state index is -0.850. The number of unbranched alkanes of at least 4 members (excludes halogenated alkanes) is 8. The predicted octanol–water partition coefficient (Wildman–Crippen LogP) is 20.6. The molecule has 0 spiro atoms. The van der Waals surface area contributed by atoms with Gasteiger partial charge in [0.15, 0.2) is 6.10 Å². The fourth-order valence-electron chi connectivity index (χ4n) is 7.16. The fourth-order valence-corrected chi connectivity index (χ4v) is 7.16. The van der Waals surface area contributed by atoms with Crippen LogP contribution in [0.5, 0.6) is 0 Å². The van der Waals surface area contributed by atoms with E-state index >= 15 is 0 Å². The predicted molar refractivity (Wildman–Crippen MR) is 334 cm³/mol. The van der Waals surface area contributed by atoms with Crippen molar-refractivity contribution >= 4 is 17.9 Å². The molecule has 6 nitrogen and oxygen atoms in total. The molecule has 0 aromatic carbocycles. The first-order valence-electron chi connectivity index (χ1n) is 29.9. The van der Waals surface area contributed by atoms with Crippen LogP contribution in [0.15, 0.2) is 194 Å². The summed E-state index contributed by atoms with van der Waals surface area (Å²) >= 11 is 0. The number of hydrogen-bond acceptors (Lipinski definition) is 6. The molecule has 0 saturated heterocycles. The fraction of sp³-hybridized carbons (Fsp3) is 0.507. The highest BCUT2D eigenvalue weighted by molar-refractivity contribution is 5.71. The molecule has 6 heteroatoms. The van der Waals surface area contributed by atoms with Crippen LogP contribution in [0.25, 0.3) is 0 Å². The zero-order valence-corrected chi connectivity index (χ0v) is 48.6. The van der Waals surface area contributed by atoms with Crippen molar-refractivity contribution in [3.8, 4) is 0 Å². The first kappa shape index (κ1) is 71.2. The highest BCUT2D eigenvalue weighted by Crippen LogP contribution is 2.11. The summed E-state index contributed by atoms with van der Waals surface area (Å²) in [6.07, 6.45) is 95.8. The molecule has 1 atom stereocenters. The summed E-state index contributed by atoms with van der Waals surface area (Å²) in [5, 5.41) is 0. The molecule has 0 N–H and O–H groups in total. The average Bonchev–Trinajstić information content (AvgIpc) is 3.43. The maximum atomic E-state index is 12.8. The van der Waals surface area contributed by atoms with Gasteiger partial charge in [-0.3, -0.25) is 14.4 Å². The minimum Gasteiger partial charge on any atom is -0.462 e. The molecular weight excluding hydrogens is 949 g/mol. The van der Waals surface area contributed by atoms with Crippen LogP contribution in [0.3, 0.4) is 0 Å². The number of ether oxygens (including phenoxy) is 3. The second-order valence-corrected chi connectivity index (χ2v) is 18.8. The molecule has 77 heavy (non-hydrogen) atoms. The summed E-state index contributed by atoms with van der Waals surface area (Å²) in [5.41, 5.74) is 0. The van der Waals surface area contributed by atoms with Crippen molar-refractivity contribution in [3.63, 3.8) is 0 Å². The number of esters is 3. The molecular formula is C71H106O6. The van der Waals surface area contributed by atoms with Gasteiger partial charge in [0.2, 0.25) is 0 Å². The molecule has 0 aliphatic rings.